The van der Waals surface area contributed by atoms with Gasteiger partial charge in [0.15, 0.2) is 0 Å². The molecule has 1 aliphatic heterocycles. The van der Waals surface area contributed by atoms with E-state index < -0.39 is 38.5 Å². The highest BCUT2D eigenvalue weighted by molar-refractivity contribution is 6.99. The van der Waals surface area contributed by atoms with Crippen molar-refractivity contribution in [2.45, 2.75) is 57.5 Å². The van der Waals surface area contributed by atoms with Gasteiger partial charge < -0.3 is 19.4 Å². The molecule has 0 unspecified atom stereocenters. The predicted octanol–water partition coefficient (Wildman–Crippen LogP) is 3.28. The highest BCUT2D eigenvalue weighted by Crippen LogP contribution is 2.38. The summed E-state index contributed by atoms with van der Waals surface area (Å²) in [5.74, 6) is -1.18. The molecule has 1 aliphatic rings. The molecule has 0 radical (unpaired) electrons. The van der Waals surface area contributed by atoms with E-state index in [4.69, 9.17) is 14.0 Å². The van der Waals surface area contributed by atoms with Gasteiger partial charge in [-0.1, -0.05) is 112 Å². The van der Waals surface area contributed by atoms with Crippen LogP contribution < -0.4 is 10.4 Å². The number of benzene rings is 3. The van der Waals surface area contributed by atoms with E-state index in [0.717, 1.165) is 15.9 Å². The van der Waals surface area contributed by atoms with Gasteiger partial charge in [-0.3, -0.25) is 9.63 Å². The summed E-state index contributed by atoms with van der Waals surface area (Å²) in [5, 5.41) is 25.4. The molecule has 8 heteroatoms. The maximum absolute atomic E-state index is 13.0. The lowest BCUT2D eigenvalue weighted by molar-refractivity contribution is -0.202. The van der Waals surface area contributed by atoms with Crippen LogP contribution in [0.2, 0.25) is 5.04 Å². The first-order chi connectivity index (χ1) is 19.2. The first-order valence-electron chi connectivity index (χ1n) is 13.9. The zero-order chi connectivity index (χ0) is 28.8. The van der Waals surface area contributed by atoms with Crippen molar-refractivity contribution in [1.29, 1.82) is 0 Å². The number of carbonyl (C=O) groups excluding carboxylic acids is 1. The standard InChI is InChI=1S/C32H41NO6Si/c1-5-37-31(36)29-27(22-34)30(39-33(29)21-24-15-9-6-10-16-24)28(35)23-38-40(32(2,3)4,25-17-11-7-12-18-25)26-19-13-8-14-20-26/h6-20,27-30,34-35H,5,21-23H2,1-4H3/t27-,28-,29+,30+/m1/s1. The molecule has 1 fully saturated rings. The molecule has 0 aliphatic carbocycles. The quantitative estimate of drug-likeness (QED) is 0.274. The Morgan fingerprint density at radius 3 is 1.95 bits per heavy atom. The van der Waals surface area contributed by atoms with Gasteiger partial charge in [0.25, 0.3) is 8.32 Å². The summed E-state index contributed by atoms with van der Waals surface area (Å²) in [7, 11) is -2.91. The van der Waals surface area contributed by atoms with Crippen LogP contribution in [0.5, 0.6) is 0 Å². The van der Waals surface area contributed by atoms with Gasteiger partial charge in [0.2, 0.25) is 0 Å². The number of esters is 1. The van der Waals surface area contributed by atoms with Crippen molar-refractivity contribution in [1.82, 2.24) is 5.06 Å². The molecular weight excluding hydrogens is 522 g/mol. The molecule has 0 bridgehead atoms. The molecule has 3 aromatic rings. The van der Waals surface area contributed by atoms with E-state index in [1.165, 1.54) is 5.06 Å². The maximum Gasteiger partial charge on any atom is 0.326 e. The number of hydroxylamine groups is 2. The second-order valence-electron chi connectivity index (χ2n) is 11.2. The van der Waals surface area contributed by atoms with E-state index in [1.807, 2.05) is 66.7 Å². The minimum atomic E-state index is -2.91. The zero-order valence-corrected chi connectivity index (χ0v) is 24.8. The van der Waals surface area contributed by atoms with E-state index in [1.54, 1.807) is 6.92 Å². The molecule has 0 saturated carbocycles. The van der Waals surface area contributed by atoms with Crippen molar-refractivity contribution >= 4 is 24.7 Å². The first-order valence-corrected chi connectivity index (χ1v) is 15.8. The normalized spacial score (nSPS) is 20.8. The molecular formula is C32H41NO6Si. The van der Waals surface area contributed by atoms with Crippen molar-refractivity contribution < 1.29 is 29.0 Å². The van der Waals surface area contributed by atoms with Gasteiger partial charge >= 0.3 is 5.97 Å². The number of aliphatic hydroxyl groups excluding tert-OH is 2. The Kier molecular flexibility index (Phi) is 9.94. The second kappa shape index (κ2) is 13.2. The van der Waals surface area contributed by atoms with Crippen LogP contribution in [-0.2, 0) is 25.3 Å². The van der Waals surface area contributed by atoms with Crippen LogP contribution in [0.15, 0.2) is 91.0 Å². The van der Waals surface area contributed by atoms with Gasteiger partial charge in [-0.2, -0.15) is 5.06 Å². The van der Waals surface area contributed by atoms with E-state index in [0.29, 0.717) is 6.54 Å². The largest absolute Gasteiger partial charge is 0.465 e. The summed E-state index contributed by atoms with van der Waals surface area (Å²) < 4.78 is 12.3. The summed E-state index contributed by atoms with van der Waals surface area (Å²) in [4.78, 5) is 19.3. The zero-order valence-electron chi connectivity index (χ0n) is 23.8. The molecule has 0 spiro atoms. The highest BCUT2D eigenvalue weighted by Gasteiger charge is 2.53. The van der Waals surface area contributed by atoms with Crippen molar-refractivity contribution in [3.63, 3.8) is 0 Å². The number of aliphatic hydroxyl groups is 2. The summed E-state index contributed by atoms with van der Waals surface area (Å²) in [5.41, 5.74) is 0.937. The van der Waals surface area contributed by atoms with Gasteiger partial charge in [-0.25, -0.2) is 0 Å². The highest BCUT2D eigenvalue weighted by atomic mass is 28.4. The minimum Gasteiger partial charge on any atom is -0.465 e. The Morgan fingerprint density at radius 1 is 0.950 bits per heavy atom. The molecule has 1 saturated heterocycles. The Hall–Kier alpha value is -2.85. The summed E-state index contributed by atoms with van der Waals surface area (Å²) in [6.07, 6.45) is -1.96. The smallest absolute Gasteiger partial charge is 0.326 e. The van der Waals surface area contributed by atoms with Crippen LogP contribution >= 0.6 is 0 Å². The van der Waals surface area contributed by atoms with Gasteiger partial charge in [-0.05, 0) is 27.9 Å². The van der Waals surface area contributed by atoms with Crippen molar-refractivity contribution in [2.75, 3.05) is 19.8 Å². The third kappa shape index (κ3) is 6.22. The number of hydrogen-bond donors (Lipinski definition) is 2. The van der Waals surface area contributed by atoms with E-state index >= 15 is 0 Å². The minimum absolute atomic E-state index is 0.0246. The summed E-state index contributed by atoms with van der Waals surface area (Å²) in [6.45, 7) is 8.40. The summed E-state index contributed by atoms with van der Waals surface area (Å²) in [6, 6.07) is 29.2. The lowest BCUT2D eigenvalue weighted by atomic mass is 9.92. The van der Waals surface area contributed by atoms with Crippen LogP contribution in [0.4, 0.5) is 0 Å². The lowest BCUT2D eigenvalue weighted by Gasteiger charge is -2.43. The fourth-order valence-corrected chi connectivity index (χ4v) is 10.3. The van der Waals surface area contributed by atoms with Gasteiger partial charge in [0, 0.05) is 5.92 Å². The van der Waals surface area contributed by atoms with Crippen LogP contribution in [-0.4, -0.2) is 67.6 Å². The monoisotopic (exact) mass is 563 g/mol. The molecule has 3 aromatic carbocycles. The van der Waals surface area contributed by atoms with Crippen molar-refractivity contribution in [3.05, 3.63) is 96.6 Å². The topological polar surface area (TPSA) is 88.5 Å². The fourth-order valence-electron chi connectivity index (χ4n) is 5.74. The molecule has 4 rings (SSSR count). The number of hydrogen-bond acceptors (Lipinski definition) is 7. The molecule has 0 amide bonds. The number of nitrogens with zero attached hydrogens (tertiary/aromatic N) is 1. The van der Waals surface area contributed by atoms with Gasteiger partial charge in [-0.15, -0.1) is 0 Å². The van der Waals surface area contributed by atoms with Crippen LogP contribution in [0.1, 0.15) is 33.3 Å². The molecule has 4 atom stereocenters. The van der Waals surface area contributed by atoms with Crippen LogP contribution in [0.25, 0.3) is 0 Å². The number of rotatable bonds is 11. The average Bonchev–Trinajstić information content (AvgIpc) is 3.32. The third-order valence-electron chi connectivity index (χ3n) is 7.58. The Labute approximate surface area is 238 Å². The number of carbonyl (C=O) groups is 1. The van der Waals surface area contributed by atoms with Gasteiger partial charge in [0.1, 0.15) is 18.2 Å². The van der Waals surface area contributed by atoms with Crippen LogP contribution in [0.3, 0.4) is 0 Å². The van der Waals surface area contributed by atoms with Crippen LogP contribution in [0, 0.1) is 5.92 Å². The van der Waals surface area contributed by atoms with E-state index in [-0.39, 0.29) is 24.9 Å². The van der Waals surface area contributed by atoms with E-state index in [2.05, 4.69) is 45.0 Å². The second-order valence-corrected chi connectivity index (χ2v) is 15.5. The summed E-state index contributed by atoms with van der Waals surface area (Å²) >= 11 is 0. The first kappa shape index (κ1) is 30.1. The van der Waals surface area contributed by atoms with Crippen molar-refractivity contribution in [2.24, 2.45) is 5.92 Å². The lowest BCUT2D eigenvalue weighted by Crippen LogP contribution is -2.67. The molecule has 0 aromatic heterocycles. The predicted molar refractivity (Wildman–Crippen MR) is 157 cm³/mol. The molecule has 214 valence electrons. The molecule has 1 heterocycles. The Bertz CT molecular complexity index is 1160. The fraction of sp³-hybridized carbons (Fsp3) is 0.406. The molecule has 2 N–H and O–H groups in total. The SMILES string of the molecule is CCOC(=O)[C@@H]1[C@@H](CO)[C@@H]([C@H](O)CO[Si](c2ccccc2)(c2ccccc2)C(C)(C)C)ON1Cc1ccccc1. The van der Waals surface area contributed by atoms with Gasteiger partial charge in [0.05, 0.1) is 26.4 Å². The third-order valence-corrected chi connectivity index (χ3v) is 12.6. The Morgan fingerprint density at radius 2 is 1.48 bits per heavy atom. The average molecular weight is 564 g/mol. The Balaban J connectivity index is 1.65. The molecule has 40 heavy (non-hydrogen) atoms. The maximum atomic E-state index is 13.0. The van der Waals surface area contributed by atoms with Crippen molar-refractivity contribution in [3.8, 4) is 0 Å². The van der Waals surface area contributed by atoms with E-state index in [9.17, 15) is 15.0 Å². The molecule has 7 nitrogen and oxygen atoms in total. The number of ether oxygens (including phenoxy) is 1.